The number of ether oxygens (including phenoxy) is 3. The third kappa shape index (κ3) is 6.39. The molecule has 41 heavy (non-hydrogen) atoms. The summed E-state index contributed by atoms with van der Waals surface area (Å²) in [5, 5.41) is 4.96. The summed E-state index contributed by atoms with van der Waals surface area (Å²) < 4.78 is 17.8. The molecule has 0 spiro atoms. The van der Waals surface area contributed by atoms with Crippen molar-refractivity contribution in [3.8, 4) is 28.6 Å². The zero-order chi connectivity index (χ0) is 28.6. The van der Waals surface area contributed by atoms with Crippen LogP contribution in [0.5, 0.6) is 17.2 Å². The SMILES string of the molecule is CCOc1cc(C=Nn2c(-c3ccc(OC)cc3)nc3ccccc3c2=O)ccc1OC(=O)/C=C/c1ccccc1. The van der Waals surface area contributed by atoms with E-state index in [0.717, 1.165) is 5.56 Å². The number of para-hydroxylation sites is 1. The molecule has 0 radical (unpaired) electrons. The Morgan fingerprint density at radius 2 is 1.66 bits per heavy atom. The average Bonchev–Trinajstić information content (AvgIpc) is 3.01. The molecule has 0 aliphatic carbocycles. The lowest BCUT2D eigenvalue weighted by atomic mass is 10.2. The largest absolute Gasteiger partial charge is 0.497 e. The zero-order valence-electron chi connectivity index (χ0n) is 22.6. The molecule has 8 heteroatoms. The van der Waals surface area contributed by atoms with Crippen LogP contribution in [0.3, 0.4) is 0 Å². The number of fused-ring (bicyclic) bond motifs is 1. The van der Waals surface area contributed by atoms with Crippen molar-refractivity contribution >= 4 is 29.2 Å². The van der Waals surface area contributed by atoms with Gasteiger partial charge in [-0.15, -0.1) is 0 Å². The first-order valence-electron chi connectivity index (χ1n) is 13.0. The molecule has 0 aliphatic heterocycles. The van der Waals surface area contributed by atoms with Gasteiger partial charge in [-0.2, -0.15) is 9.78 Å². The Labute approximate surface area is 236 Å². The summed E-state index contributed by atoms with van der Waals surface area (Å²) in [5.74, 6) is 1.18. The fourth-order valence-electron chi connectivity index (χ4n) is 4.11. The van der Waals surface area contributed by atoms with Crippen molar-refractivity contribution in [1.82, 2.24) is 9.66 Å². The predicted molar refractivity (Wildman–Crippen MR) is 160 cm³/mol. The quantitative estimate of drug-likeness (QED) is 0.0981. The van der Waals surface area contributed by atoms with E-state index in [1.165, 1.54) is 17.0 Å². The van der Waals surface area contributed by atoms with Crippen LogP contribution >= 0.6 is 0 Å². The average molecular weight is 546 g/mol. The van der Waals surface area contributed by atoms with Crippen LogP contribution < -0.4 is 19.8 Å². The number of carbonyl (C=O) groups excluding carboxylic acids is 1. The van der Waals surface area contributed by atoms with Gasteiger partial charge in [-0.05, 0) is 78.7 Å². The van der Waals surface area contributed by atoms with Crippen LogP contribution in [0.2, 0.25) is 0 Å². The van der Waals surface area contributed by atoms with Gasteiger partial charge in [0.2, 0.25) is 0 Å². The van der Waals surface area contributed by atoms with Crippen molar-refractivity contribution < 1.29 is 19.0 Å². The highest BCUT2D eigenvalue weighted by Gasteiger charge is 2.13. The predicted octanol–water partition coefficient (Wildman–Crippen LogP) is 5.97. The van der Waals surface area contributed by atoms with Crippen molar-refractivity contribution in [3.63, 3.8) is 0 Å². The molecule has 4 aromatic carbocycles. The molecule has 0 saturated heterocycles. The summed E-state index contributed by atoms with van der Waals surface area (Å²) in [6.45, 7) is 2.20. The Bertz CT molecular complexity index is 1790. The maximum atomic E-state index is 13.5. The van der Waals surface area contributed by atoms with Gasteiger partial charge in [-0.3, -0.25) is 4.79 Å². The lowest BCUT2D eigenvalue weighted by Crippen LogP contribution is -2.20. The summed E-state index contributed by atoms with van der Waals surface area (Å²) in [5.41, 5.74) is 2.48. The molecular formula is C33H27N3O5. The highest BCUT2D eigenvalue weighted by molar-refractivity contribution is 5.89. The Morgan fingerprint density at radius 1 is 0.902 bits per heavy atom. The normalized spacial score (nSPS) is 11.3. The molecule has 5 rings (SSSR count). The van der Waals surface area contributed by atoms with E-state index in [1.807, 2.05) is 55.5 Å². The van der Waals surface area contributed by atoms with Crippen LogP contribution in [0, 0.1) is 0 Å². The molecule has 0 bridgehead atoms. The number of hydrogen-bond acceptors (Lipinski definition) is 7. The van der Waals surface area contributed by atoms with Gasteiger partial charge in [-0.1, -0.05) is 42.5 Å². The first-order chi connectivity index (χ1) is 20.1. The van der Waals surface area contributed by atoms with E-state index in [1.54, 1.807) is 61.7 Å². The highest BCUT2D eigenvalue weighted by Crippen LogP contribution is 2.29. The number of hydrogen-bond donors (Lipinski definition) is 0. The Morgan fingerprint density at radius 3 is 2.41 bits per heavy atom. The second kappa shape index (κ2) is 12.6. The Kier molecular flexibility index (Phi) is 8.30. The maximum Gasteiger partial charge on any atom is 0.336 e. The van der Waals surface area contributed by atoms with Crippen molar-refractivity contribution in [2.75, 3.05) is 13.7 Å². The summed E-state index contributed by atoms with van der Waals surface area (Å²) in [6.07, 6.45) is 4.58. The summed E-state index contributed by atoms with van der Waals surface area (Å²) in [4.78, 5) is 30.6. The van der Waals surface area contributed by atoms with Gasteiger partial charge in [0.15, 0.2) is 17.3 Å². The molecule has 0 unspecified atom stereocenters. The first kappa shape index (κ1) is 27.1. The monoisotopic (exact) mass is 545 g/mol. The lowest BCUT2D eigenvalue weighted by molar-refractivity contribution is -0.129. The number of carbonyl (C=O) groups is 1. The molecule has 1 heterocycles. The molecule has 0 saturated carbocycles. The van der Waals surface area contributed by atoms with Gasteiger partial charge in [0.1, 0.15) is 5.75 Å². The topological polar surface area (TPSA) is 92.0 Å². The van der Waals surface area contributed by atoms with Crippen LogP contribution in [-0.2, 0) is 4.79 Å². The van der Waals surface area contributed by atoms with Crippen LogP contribution in [0.15, 0.2) is 113 Å². The summed E-state index contributed by atoms with van der Waals surface area (Å²) in [7, 11) is 1.59. The minimum absolute atomic E-state index is 0.273. The van der Waals surface area contributed by atoms with Gasteiger partial charge >= 0.3 is 5.97 Å². The maximum absolute atomic E-state index is 13.5. The van der Waals surface area contributed by atoms with Crippen molar-refractivity contribution in [2.24, 2.45) is 5.10 Å². The van der Waals surface area contributed by atoms with Gasteiger partial charge in [0.05, 0.1) is 30.8 Å². The molecule has 1 aromatic heterocycles. The number of nitrogens with zero attached hydrogens (tertiary/aromatic N) is 3. The fourth-order valence-corrected chi connectivity index (χ4v) is 4.11. The number of rotatable bonds is 9. The van der Waals surface area contributed by atoms with E-state index >= 15 is 0 Å². The van der Waals surface area contributed by atoms with Crippen molar-refractivity contribution in [3.05, 3.63) is 125 Å². The van der Waals surface area contributed by atoms with E-state index in [9.17, 15) is 9.59 Å². The molecule has 8 nitrogen and oxygen atoms in total. The first-order valence-corrected chi connectivity index (χ1v) is 13.0. The molecule has 0 atom stereocenters. The van der Waals surface area contributed by atoms with E-state index in [4.69, 9.17) is 19.2 Å². The third-order valence-corrected chi connectivity index (χ3v) is 6.11. The second-order valence-electron chi connectivity index (χ2n) is 8.85. The van der Waals surface area contributed by atoms with Gasteiger partial charge in [-0.25, -0.2) is 9.78 Å². The van der Waals surface area contributed by atoms with Gasteiger partial charge in [0.25, 0.3) is 5.56 Å². The summed E-state index contributed by atoms with van der Waals surface area (Å²) >= 11 is 0. The minimum atomic E-state index is -0.533. The van der Waals surface area contributed by atoms with E-state index in [0.29, 0.717) is 46.0 Å². The number of esters is 1. The van der Waals surface area contributed by atoms with Gasteiger partial charge < -0.3 is 14.2 Å². The fraction of sp³-hybridized carbons (Fsp3) is 0.0909. The molecule has 5 aromatic rings. The highest BCUT2D eigenvalue weighted by atomic mass is 16.6. The van der Waals surface area contributed by atoms with Crippen LogP contribution in [-0.4, -0.2) is 35.6 Å². The zero-order valence-corrected chi connectivity index (χ0v) is 22.6. The molecule has 0 aliphatic rings. The van der Waals surface area contributed by atoms with Crippen molar-refractivity contribution in [2.45, 2.75) is 6.92 Å². The Hall–Kier alpha value is -5.50. The standard InChI is InChI=1S/C33H27N3O5/c1-3-40-30-21-24(13-19-29(30)41-31(37)20-14-23-9-5-4-6-10-23)22-34-36-32(25-15-17-26(39-2)18-16-25)35-28-12-8-7-11-27(28)33(36)38/h4-22H,3H2,1-2H3/b20-14+,34-22?. The van der Waals surface area contributed by atoms with E-state index in [-0.39, 0.29) is 11.3 Å². The van der Waals surface area contributed by atoms with Crippen LogP contribution in [0.1, 0.15) is 18.1 Å². The Balaban J connectivity index is 1.47. The second-order valence-corrected chi connectivity index (χ2v) is 8.85. The minimum Gasteiger partial charge on any atom is -0.497 e. The molecule has 0 fully saturated rings. The smallest absolute Gasteiger partial charge is 0.336 e. The molecular weight excluding hydrogens is 518 g/mol. The summed E-state index contributed by atoms with van der Waals surface area (Å²) in [6, 6.07) is 28.9. The van der Waals surface area contributed by atoms with Crippen molar-refractivity contribution in [1.29, 1.82) is 0 Å². The van der Waals surface area contributed by atoms with Crippen LogP contribution in [0.4, 0.5) is 0 Å². The molecule has 0 N–H and O–H groups in total. The van der Waals surface area contributed by atoms with E-state index in [2.05, 4.69) is 5.10 Å². The molecule has 0 amide bonds. The number of aromatic nitrogens is 2. The van der Waals surface area contributed by atoms with Crippen LogP contribution in [0.25, 0.3) is 28.4 Å². The third-order valence-electron chi connectivity index (χ3n) is 6.11. The molecule has 204 valence electrons. The number of methoxy groups -OCH3 is 1. The van der Waals surface area contributed by atoms with Gasteiger partial charge in [0, 0.05) is 11.6 Å². The number of benzene rings is 4. The van der Waals surface area contributed by atoms with E-state index < -0.39 is 5.97 Å². The lowest BCUT2D eigenvalue weighted by Gasteiger charge is -2.11.